The summed E-state index contributed by atoms with van der Waals surface area (Å²) in [6, 6.07) is 5.39. The lowest BCUT2D eigenvalue weighted by atomic mass is 10.3. The molecule has 0 aromatic carbocycles. The van der Waals surface area contributed by atoms with E-state index in [1.165, 1.54) is 4.40 Å². The highest BCUT2D eigenvalue weighted by molar-refractivity contribution is 5.75. The summed E-state index contributed by atoms with van der Waals surface area (Å²) < 4.78 is 1.50. The number of fused-ring (bicyclic) bond motifs is 1. The van der Waals surface area contributed by atoms with Gasteiger partial charge in [-0.15, -0.1) is 0 Å². The van der Waals surface area contributed by atoms with Crippen LogP contribution in [-0.4, -0.2) is 69.4 Å². The number of hydrogen-bond acceptors (Lipinski definition) is 5. The normalized spacial score (nSPS) is 18.2. The highest BCUT2D eigenvalue weighted by Crippen LogP contribution is 2.29. The summed E-state index contributed by atoms with van der Waals surface area (Å²) in [6.45, 7) is 3.86. The zero-order valence-corrected chi connectivity index (χ0v) is 13.9. The molecule has 0 unspecified atom stereocenters. The predicted molar refractivity (Wildman–Crippen MR) is 91.8 cm³/mol. The summed E-state index contributed by atoms with van der Waals surface area (Å²) in [5.74, 6) is 0.361. The van der Waals surface area contributed by atoms with Gasteiger partial charge in [0.15, 0.2) is 0 Å². The second kappa shape index (κ2) is 6.23. The van der Waals surface area contributed by atoms with Gasteiger partial charge in [0.1, 0.15) is 0 Å². The van der Waals surface area contributed by atoms with Crippen molar-refractivity contribution in [1.29, 1.82) is 0 Å². The number of likely N-dealkylation sites (tertiary alicyclic amines) is 1. The van der Waals surface area contributed by atoms with Crippen molar-refractivity contribution in [1.82, 2.24) is 19.2 Å². The number of rotatable bonds is 2. The molecule has 2 aliphatic rings. The average Bonchev–Trinajstić information content (AvgIpc) is 3.28. The summed E-state index contributed by atoms with van der Waals surface area (Å²) in [7, 11) is 0. The molecular formula is C16H20N6O3. The molecular weight excluding hydrogens is 324 g/mol. The number of amides is 2. The molecule has 2 saturated heterocycles. The molecule has 0 saturated carbocycles. The molecule has 0 N–H and O–H groups in total. The first kappa shape index (κ1) is 15.7. The minimum absolute atomic E-state index is 0.0186. The van der Waals surface area contributed by atoms with Crippen LogP contribution in [0.25, 0.3) is 5.65 Å². The van der Waals surface area contributed by atoms with Gasteiger partial charge in [-0.2, -0.15) is 9.38 Å². The number of nitro groups is 1. The Hall–Kier alpha value is -2.84. The number of nitrogens with zero attached hydrogens (tertiary/aromatic N) is 6. The number of piperazine rings is 1. The fourth-order valence-corrected chi connectivity index (χ4v) is 3.57. The smallest absolute Gasteiger partial charge is 0.358 e. The molecule has 0 spiro atoms. The molecule has 2 fully saturated rings. The first-order valence-corrected chi connectivity index (χ1v) is 8.55. The third kappa shape index (κ3) is 2.75. The summed E-state index contributed by atoms with van der Waals surface area (Å²) in [5, 5.41) is 11.5. The van der Waals surface area contributed by atoms with Crippen molar-refractivity contribution < 1.29 is 9.72 Å². The van der Waals surface area contributed by atoms with Gasteiger partial charge in [0, 0.05) is 45.3 Å². The Kier molecular flexibility index (Phi) is 3.90. The number of imidazole rings is 1. The minimum Gasteiger partial charge on any atom is -0.358 e. The van der Waals surface area contributed by atoms with E-state index in [2.05, 4.69) is 4.98 Å². The summed E-state index contributed by atoms with van der Waals surface area (Å²) in [6.07, 6.45) is 3.79. The maximum atomic E-state index is 12.5. The van der Waals surface area contributed by atoms with Gasteiger partial charge < -0.3 is 24.8 Å². The first-order chi connectivity index (χ1) is 12.1. The quantitative estimate of drug-likeness (QED) is 0.610. The third-order valence-electron chi connectivity index (χ3n) is 4.89. The van der Waals surface area contributed by atoms with Crippen molar-refractivity contribution >= 4 is 23.3 Å². The highest BCUT2D eigenvalue weighted by Gasteiger charge is 2.32. The van der Waals surface area contributed by atoms with Crippen LogP contribution in [0.5, 0.6) is 0 Å². The van der Waals surface area contributed by atoms with Crippen LogP contribution in [0, 0.1) is 10.1 Å². The Morgan fingerprint density at radius 1 is 1.04 bits per heavy atom. The van der Waals surface area contributed by atoms with Crippen LogP contribution in [0.15, 0.2) is 24.4 Å². The molecule has 2 aromatic rings. The van der Waals surface area contributed by atoms with Gasteiger partial charge in [0.05, 0.1) is 6.20 Å². The van der Waals surface area contributed by atoms with Gasteiger partial charge >= 0.3 is 11.8 Å². The van der Waals surface area contributed by atoms with Gasteiger partial charge in [-0.05, 0) is 23.8 Å². The molecule has 2 aliphatic heterocycles. The summed E-state index contributed by atoms with van der Waals surface area (Å²) in [5.41, 5.74) is 0.555. The largest absolute Gasteiger partial charge is 0.372 e. The lowest BCUT2D eigenvalue weighted by molar-refractivity contribution is -0.389. The van der Waals surface area contributed by atoms with Crippen LogP contribution in [-0.2, 0) is 0 Å². The summed E-state index contributed by atoms with van der Waals surface area (Å²) >= 11 is 0. The Bertz CT molecular complexity index is 805. The molecule has 2 amide bonds. The van der Waals surface area contributed by atoms with Crippen LogP contribution in [0.1, 0.15) is 12.8 Å². The third-order valence-corrected chi connectivity index (χ3v) is 4.89. The van der Waals surface area contributed by atoms with Crippen LogP contribution in [0.2, 0.25) is 0 Å². The van der Waals surface area contributed by atoms with E-state index in [0.717, 1.165) is 25.9 Å². The van der Waals surface area contributed by atoms with Gasteiger partial charge in [-0.3, -0.25) is 0 Å². The zero-order valence-electron chi connectivity index (χ0n) is 13.9. The topological polar surface area (TPSA) is 87.2 Å². The van der Waals surface area contributed by atoms with Crippen LogP contribution < -0.4 is 4.90 Å². The maximum Gasteiger partial charge on any atom is 0.372 e. The van der Waals surface area contributed by atoms with Gasteiger partial charge in [0.25, 0.3) is 0 Å². The number of aromatic nitrogens is 2. The van der Waals surface area contributed by atoms with Gasteiger partial charge in [-0.25, -0.2) is 4.79 Å². The molecule has 132 valence electrons. The Balaban J connectivity index is 1.53. The zero-order chi connectivity index (χ0) is 17.4. The lowest BCUT2D eigenvalue weighted by Gasteiger charge is -2.36. The van der Waals surface area contributed by atoms with E-state index in [9.17, 15) is 14.9 Å². The maximum absolute atomic E-state index is 12.5. The number of carbonyl (C=O) groups is 1. The molecule has 2 aromatic heterocycles. The fraction of sp³-hybridized carbons (Fsp3) is 0.500. The number of pyridine rings is 1. The van der Waals surface area contributed by atoms with E-state index in [4.69, 9.17) is 0 Å². The van der Waals surface area contributed by atoms with E-state index >= 15 is 0 Å². The van der Waals surface area contributed by atoms with E-state index in [-0.39, 0.29) is 11.8 Å². The van der Waals surface area contributed by atoms with E-state index in [1.54, 1.807) is 18.3 Å². The molecule has 0 bridgehead atoms. The number of carbonyl (C=O) groups excluding carboxylic acids is 1. The number of anilines is 1. The molecule has 0 radical (unpaired) electrons. The number of urea groups is 1. The Morgan fingerprint density at radius 3 is 2.40 bits per heavy atom. The standard InChI is InChI=1S/C16H20N6O3/c23-16(19-6-3-4-7-19)20-11-9-18(10-12-20)14-15(22(24)25)21-8-2-1-5-13(21)17-14/h1-2,5,8H,3-4,6-7,9-12H2. The van der Waals surface area contributed by atoms with E-state index < -0.39 is 4.92 Å². The Labute approximate surface area is 144 Å². The highest BCUT2D eigenvalue weighted by atomic mass is 16.6. The van der Waals surface area contributed by atoms with Crippen molar-refractivity contribution in [3.05, 3.63) is 34.5 Å². The SMILES string of the molecule is O=C(N1CCCC1)N1CCN(c2nc3ccccn3c2[N+](=O)[O-])CC1. The molecule has 4 heterocycles. The van der Waals surface area contributed by atoms with Crippen molar-refractivity contribution in [3.8, 4) is 0 Å². The van der Waals surface area contributed by atoms with Gasteiger partial charge in [0.2, 0.25) is 11.5 Å². The van der Waals surface area contributed by atoms with Crippen molar-refractivity contribution in [2.75, 3.05) is 44.2 Å². The second-order valence-corrected chi connectivity index (χ2v) is 6.40. The second-order valence-electron chi connectivity index (χ2n) is 6.40. The first-order valence-electron chi connectivity index (χ1n) is 8.55. The summed E-state index contributed by atoms with van der Waals surface area (Å²) in [4.78, 5) is 33.7. The molecule has 9 nitrogen and oxygen atoms in total. The fourth-order valence-electron chi connectivity index (χ4n) is 3.57. The average molecular weight is 344 g/mol. The van der Waals surface area contributed by atoms with Crippen molar-refractivity contribution in [2.45, 2.75) is 12.8 Å². The van der Waals surface area contributed by atoms with E-state index in [1.807, 2.05) is 20.8 Å². The molecule has 4 rings (SSSR count). The van der Waals surface area contributed by atoms with Crippen molar-refractivity contribution in [2.24, 2.45) is 0 Å². The van der Waals surface area contributed by atoms with Crippen LogP contribution in [0.3, 0.4) is 0 Å². The molecule has 9 heteroatoms. The van der Waals surface area contributed by atoms with Crippen molar-refractivity contribution in [3.63, 3.8) is 0 Å². The predicted octanol–water partition coefficient (Wildman–Crippen LogP) is 1.58. The molecule has 0 aliphatic carbocycles. The monoisotopic (exact) mass is 344 g/mol. The molecule has 25 heavy (non-hydrogen) atoms. The van der Waals surface area contributed by atoms with Crippen LogP contribution >= 0.6 is 0 Å². The van der Waals surface area contributed by atoms with Crippen LogP contribution in [0.4, 0.5) is 16.4 Å². The van der Waals surface area contributed by atoms with Gasteiger partial charge in [-0.1, -0.05) is 6.07 Å². The number of hydrogen-bond donors (Lipinski definition) is 0. The van der Waals surface area contributed by atoms with E-state index in [0.29, 0.717) is 37.6 Å². The molecule has 0 atom stereocenters. The lowest BCUT2D eigenvalue weighted by Crippen LogP contribution is -2.52. The minimum atomic E-state index is -0.392. The Morgan fingerprint density at radius 2 is 1.72 bits per heavy atom.